The number of benzene rings is 6. The molecule has 10 aromatic rings. The fourth-order valence-corrected chi connectivity index (χ4v) is 7.34. The van der Waals surface area contributed by atoms with Gasteiger partial charge in [0.1, 0.15) is 34.5 Å². The van der Waals surface area contributed by atoms with Crippen LogP contribution in [0, 0.1) is 0 Å². The van der Waals surface area contributed by atoms with E-state index in [1.807, 2.05) is 121 Å². The van der Waals surface area contributed by atoms with Crippen LogP contribution in [0.5, 0.6) is 34.5 Å². The highest BCUT2D eigenvalue weighted by Gasteiger charge is 2.14. The van der Waals surface area contributed by atoms with Crippen LogP contribution in [0.25, 0.3) is 45.0 Å². The Bertz CT molecular complexity index is 2860. The molecule has 7 heteroatoms. The number of ether oxygens (including phenoxy) is 3. The summed E-state index contributed by atoms with van der Waals surface area (Å²) in [5.41, 5.74) is 8.68. The molecule has 0 aliphatic rings. The lowest BCUT2D eigenvalue weighted by Gasteiger charge is -2.06. The number of para-hydroxylation sites is 2. The van der Waals surface area contributed by atoms with E-state index in [2.05, 4.69) is 153 Å². The summed E-state index contributed by atoms with van der Waals surface area (Å²) in [5.74, 6) is 4.76. The second-order valence-electron chi connectivity index (χ2n) is 14.9. The summed E-state index contributed by atoms with van der Waals surface area (Å²) in [5, 5.41) is 0. The molecule has 7 nitrogen and oxygen atoms in total. The van der Waals surface area contributed by atoms with E-state index in [1.54, 1.807) is 0 Å². The predicted molar refractivity (Wildman–Crippen MR) is 243 cm³/mol. The van der Waals surface area contributed by atoms with Crippen molar-refractivity contribution in [2.45, 2.75) is 0 Å². The van der Waals surface area contributed by atoms with Gasteiger partial charge in [-0.2, -0.15) is 18.3 Å². The Morgan fingerprint density at radius 2 is 0.476 bits per heavy atom. The van der Waals surface area contributed by atoms with Crippen LogP contribution in [0.4, 0.5) is 0 Å². The summed E-state index contributed by atoms with van der Waals surface area (Å²) in [6.45, 7) is 0. The van der Waals surface area contributed by atoms with Gasteiger partial charge in [-0.15, -0.1) is 0 Å². The highest BCUT2D eigenvalue weighted by atomic mass is 16.5. The van der Waals surface area contributed by atoms with Crippen molar-refractivity contribution in [1.29, 1.82) is 0 Å². The van der Waals surface area contributed by atoms with Gasteiger partial charge in [0.15, 0.2) is 49.6 Å². The van der Waals surface area contributed by atoms with Crippen LogP contribution in [-0.2, 0) is 0 Å². The number of hydrogen-bond acceptors (Lipinski definition) is 3. The van der Waals surface area contributed by atoms with Crippen molar-refractivity contribution < 1.29 is 32.5 Å². The lowest BCUT2D eigenvalue weighted by molar-refractivity contribution is -0.596. The highest BCUT2D eigenvalue weighted by molar-refractivity contribution is 5.62. The van der Waals surface area contributed by atoms with Crippen LogP contribution in [0.1, 0.15) is 0 Å². The van der Waals surface area contributed by atoms with Crippen molar-refractivity contribution in [3.63, 3.8) is 0 Å². The van der Waals surface area contributed by atoms with Gasteiger partial charge < -0.3 is 14.2 Å². The van der Waals surface area contributed by atoms with Gasteiger partial charge in [-0.25, -0.2) is 0 Å². The monoisotopic (exact) mass is 818 g/mol. The van der Waals surface area contributed by atoms with Gasteiger partial charge in [-0.05, 0) is 82.9 Å². The molecule has 4 aromatic heterocycles. The molecule has 0 unspecified atom stereocenters. The third kappa shape index (κ3) is 9.23. The lowest BCUT2D eigenvalue weighted by Crippen LogP contribution is -2.29. The van der Waals surface area contributed by atoms with Crippen molar-refractivity contribution >= 4 is 0 Å². The van der Waals surface area contributed by atoms with E-state index in [0.29, 0.717) is 0 Å². The Labute approximate surface area is 366 Å². The lowest BCUT2D eigenvalue weighted by atomic mass is 10.1. The van der Waals surface area contributed by atoms with Crippen molar-refractivity contribution in [2.24, 2.45) is 0 Å². The summed E-state index contributed by atoms with van der Waals surface area (Å²) in [7, 11) is 0. The largest absolute Gasteiger partial charge is 0.457 e. The maximum Gasteiger partial charge on any atom is 0.214 e. The first-order valence-electron chi connectivity index (χ1n) is 20.8. The zero-order chi connectivity index (χ0) is 42.2. The molecule has 0 radical (unpaired) electrons. The summed E-state index contributed by atoms with van der Waals surface area (Å²) in [6.07, 6.45) is 16.6. The van der Waals surface area contributed by atoms with E-state index in [9.17, 15) is 0 Å². The van der Waals surface area contributed by atoms with E-state index < -0.39 is 0 Å². The van der Waals surface area contributed by atoms with Gasteiger partial charge in [0.2, 0.25) is 22.7 Å². The first kappa shape index (κ1) is 38.5. The molecular weight excluding hydrogens is 777 g/mol. The first-order chi connectivity index (χ1) is 31.1. The van der Waals surface area contributed by atoms with Crippen LogP contribution in [0.2, 0.25) is 0 Å². The molecule has 0 fully saturated rings. The number of nitrogens with zero attached hydrogens (tertiary/aromatic N) is 4. The smallest absolute Gasteiger partial charge is 0.214 e. The van der Waals surface area contributed by atoms with Crippen LogP contribution in [-0.4, -0.2) is 0 Å². The molecule has 0 N–H and O–H groups in total. The van der Waals surface area contributed by atoms with Crippen molar-refractivity contribution in [1.82, 2.24) is 0 Å². The number of aromatic nitrogens is 4. The fraction of sp³-hybridized carbons (Fsp3) is 0. The van der Waals surface area contributed by atoms with E-state index >= 15 is 0 Å². The third-order valence-corrected chi connectivity index (χ3v) is 10.7. The minimum Gasteiger partial charge on any atom is -0.457 e. The molecule has 10 rings (SSSR count). The van der Waals surface area contributed by atoms with Crippen molar-refractivity contribution in [3.8, 4) is 79.5 Å². The summed E-state index contributed by atoms with van der Waals surface area (Å²) in [6, 6.07) is 69.1. The molecule has 300 valence electrons. The second kappa shape index (κ2) is 17.9. The SMILES string of the molecule is c1ccc(Oc2cccc(-[n+]3ccc(-c4cc[n+](-c5ccc(Oc6ccc(-[n+]7ccc(-c8cc[n+](-c9cccc(Oc%10ccccc%10)c9)cc8)cc7)cc6)cc5)cc4)cc3)c2)cc1. The zero-order valence-corrected chi connectivity index (χ0v) is 34.3. The summed E-state index contributed by atoms with van der Waals surface area (Å²) >= 11 is 0. The van der Waals surface area contributed by atoms with Crippen LogP contribution in [0.3, 0.4) is 0 Å². The van der Waals surface area contributed by atoms with E-state index in [0.717, 1.165) is 79.5 Å². The molecule has 0 aliphatic carbocycles. The first-order valence-corrected chi connectivity index (χ1v) is 20.8. The molecule has 0 aliphatic heterocycles. The zero-order valence-electron chi connectivity index (χ0n) is 34.3. The Balaban J connectivity index is 0.734. The fourth-order valence-electron chi connectivity index (χ4n) is 7.34. The van der Waals surface area contributed by atoms with Crippen LogP contribution in [0.15, 0.2) is 256 Å². The summed E-state index contributed by atoms with van der Waals surface area (Å²) in [4.78, 5) is 0. The Kier molecular flexibility index (Phi) is 10.9. The average molecular weight is 819 g/mol. The quantitative estimate of drug-likeness (QED) is 0.115. The maximum atomic E-state index is 6.23. The molecule has 0 spiro atoms. The predicted octanol–water partition coefficient (Wildman–Crippen LogP) is 11.5. The summed E-state index contributed by atoms with van der Waals surface area (Å²) < 4.78 is 26.7. The molecule has 0 saturated heterocycles. The average Bonchev–Trinajstić information content (AvgIpc) is 3.36. The van der Waals surface area contributed by atoms with Gasteiger partial charge >= 0.3 is 0 Å². The maximum absolute atomic E-state index is 6.23. The molecular formula is C56H42N4O3+4. The van der Waals surface area contributed by atoms with Crippen LogP contribution < -0.4 is 32.5 Å². The van der Waals surface area contributed by atoms with Gasteiger partial charge in [0.05, 0.1) is 12.1 Å². The van der Waals surface area contributed by atoms with Crippen molar-refractivity contribution in [2.75, 3.05) is 0 Å². The molecule has 63 heavy (non-hydrogen) atoms. The van der Waals surface area contributed by atoms with Gasteiger partial charge in [0.25, 0.3) is 0 Å². The van der Waals surface area contributed by atoms with Gasteiger partial charge in [-0.3, -0.25) is 0 Å². The standard InChI is InChI=1S/C56H42N4O3/c1-3-11-51(12-4-1)62-55-15-7-9-49(41-55)59-37-29-45(30-38-59)43-25-33-57(34-26-43)47-17-21-53(22-18-47)61-54-23-19-48(20-24-54)58-35-27-44(28-36-58)46-31-39-60(40-32-46)50-10-8-16-56(42-50)63-52-13-5-2-6-14-52/h1-42H/q+4. The molecule has 0 bridgehead atoms. The minimum atomic E-state index is 0.771. The molecule has 0 atom stereocenters. The van der Waals surface area contributed by atoms with Crippen molar-refractivity contribution in [3.05, 3.63) is 256 Å². The van der Waals surface area contributed by atoms with Gasteiger partial charge in [0, 0.05) is 84.9 Å². The normalized spacial score (nSPS) is 10.9. The minimum absolute atomic E-state index is 0.771. The molecule has 6 aromatic carbocycles. The highest BCUT2D eigenvalue weighted by Crippen LogP contribution is 2.26. The number of rotatable bonds is 12. The molecule has 0 saturated carbocycles. The van der Waals surface area contributed by atoms with E-state index in [-0.39, 0.29) is 0 Å². The number of hydrogen-bond donors (Lipinski definition) is 0. The van der Waals surface area contributed by atoms with Crippen LogP contribution >= 0.6 is 0 Å². The number of pyridine rings is 4. The Morgan fingerprint density at radius 3 is 0.810 bits per heavy atom. The van der Waals surface area contributed by atoms with Gasteiger partial charge in [-0.1, -0.05) is 48.5 Å². The Morgan fingerprint density at radius 1 is 0.206 bits per heavy atom. The van der Waals surface area contributed by atoms with E-state index in [4.69, 9.17) is 14.2 Å². The third-order valence-electron chi connectivity index (χ3n) is 10.7. The van der Waals surface area contributed by atoms with E-state index in [1.165, 1.54) is 0 Å². The molecule has 4 heterocycles. The molecule has 0 amide bonds. The topological polar surface area (TPSA) is 43.2 Å². The second-order valence-corrected chi connectivity index (χ2v) is 14.9. The Hall–Kier alpha value is -8.68.